The van der Waals surface area contributed by atoms with Gasteiger partial charge in [0.2, 0.25) is 0 Å². The number of nitrogens with zero attached hydrogens (tertiary/aromatic N) is 1. The summed E-state index contributed by atoms with van der Waals surface area (Å²) in [5.74, 6) is 0.443. The van der Waals surface area contributed by atoms with E-state index in [0.717, 1.165) is 0 Å². The quantitative estimate of drug-likeness (QED) is 0.353. The fourth-order valence-corrected chi connectivity index (χ4v) is 4.11. The molecule has 136 valence electrons. The molecule has 1 aromatic heterocycles. The Morgan fingerprint density at radius 3 is 2.36 bits per heavy atom. The monoisotopic (exact) mass is 361 g/mol. The van der Waals surface area contributed by atoms with Gasteiger partial charge in [0.25, 0.3) is 0 Å². The highest BCUT2D eigenvalue weighted by Gasteiger charge is 2.16. The molecular formula is C27H23N. The van der Waals surface area contributed by atoms with Gasteiger partial charge in [0.05, 0.1) is 11.2 Å². The first-order valence-electron chi connectivity index (χ1n) is 9.88. The lowest BCUT2D eigenvalue weighted by Gasteiger charge is -2.12. The normalized spacial score (nSPS) is 15.6. The summed E-state index contributed by atoms with van der Waals surface area (Å²) in [5.41, 5.74) is 8.79. The second kappa shape index (κ2) is 6.69. The Morgan fingerprint density at radius 2 is 1.50 bits per heavy atom. The summed E-state index contributed by atoms with van der Waals surface area (Å²) >= 11 is 0. The fraction of sp³-hybridized carbons (Fsp3) is 0.111. The number of allylic oxidation sites excluding steroid dienone is 2. The van der Waals surface area contributed by atoms with Crippen LogP contribution in [-0.2, 0) is 0 Å². The first kappa shape index (κ1) is 16.8. The third kappa shape index (κ3) is 2.80. The second-order valence-corrected chi connectivity index (χ2v) is 7.65. The van der Waals surface area contributed by atoms with Crippen molar-refractivity contribution in [3.05, 3.63) is 102 Å². The summed E-state index contributed by atoms with van der Waals surface area (Å²) in [7, 11) is 0. The lowest BCUT2D eigenvalue weighted by atomic mass is 10.0. The molecule has 1 aliphatic carbocycles. The molecule has 1 unspecified atom stereocenters. The molecule has 0 amide bonds. The van der Waals surface area contributed by atoms with Crippen molar-refractivity contribution in [3.8, 4) is 16.8 Å². The average Bonchev–Trinajstić information content (AvgIpc) is 2.91. The third-order valence-electron chi connectivity index (χ3n) is 5.53. The van der Waals surface area contributed by atoms with Gasteiger partial charge in [-0.25, -0.2) is 0 Å². The van der Waals surface area contributed by atoms with Crippen LogP contribution in [0.4, 0.5) is 0 Å². The highest BCUT2D eigenvalue weighted by molar-refractivity contribution is 5.96. The van der Waals surface area contributed by atoms with E-state index in [0.29, 0.717) is 5.92 Å². The van der Waals surface area contributed by atoms with Crippen LogP contribution in [0.25, 0.3) is 39.9 Å². The molecule has 5 rings (SSSR count). The van der Waals surface area contributed by atoms with Crippen LogP contribution in [0.15, 0.2) is 84.9 Å². The zero-order valence-corrected chi connectivity index (χ0v) is 16.3. The van der Waals surface area contributed by atoms with E-state index >= 15 is 0 Å². The molecule has 1 heterocycles. The van der Waals surface area contributed by atoms with E-state index in [1.165, 1.54) is 44.5 Å². The van der Waals surface area contributed by atoms with Crippen molar-refractivity contribution < 1.29 is 0 Å². The number of hydrogen-bond acceptors (Lipinski definition) is 0. The number of rotatable bonds is 2. The lowest BCUT2D eigenvalue weighted by Crippen LogP contribution is -1.97. The largest absolute Gasteiger partial charge is 0.309 e. The Morgan fingerprint density at radius 1 is 0.750 bits per heavy atom. The Bertz CT molecular complexity index is 1240. The van der Waals surface area contributed by atoms with Gasteiger partial charge in [-0.3, -0.25) is 0 Å². The van der Waals surface area contributed by atoms with Crippen molar-refractivity contribution in [3.63, 3.8) is 0 Å². The van der Waals surface area contributed by atoms with Crippen LogP contribution in [0.3, 0.4) is 0 Å². The van der Waals surface area contributed by atoms with Crippen LogP contribution in [0, 0.1) is 12.8 Å². The first-order valence-corrected chi connectivity index (χ1v) is 9.88. The molecule has 0 fully saturated rings. The van der Waals surface area contributed by atoms with Crippen LogP contribution >= 0.6 is 0 Å². The van der Waals surface area contributed by atoms with E-state index in [4.69, 9.17) is 0 Å². The highest BCUT2D eigenvalue weighted by atomic mass is 15.0. The molecule has 1 atom stereocenters. The molecule has 0 bridgehead atoms. The number of hydrogen-bond donors (Lipinski definition) is 0. The zero-order valence-electron chi connectivity index (χ0n) is 16.3. The maximum absolute atomic E-state index is 2.39. The van der Waals surface area contributed by atoms with Crippen LogP contribution < -0.4 is 0 Å². The molecule has 0 radical (unpaired) electrons. The number of aryl methyl sites for hydroxylation is 1. The molecule has 0 spiro atoms. The minimum absolute atomic E-state index is 0.443. The van der Waals surface area contributed by atoms with Crippen LogP contribution in [0.1, 0.15) is 23.7 Å². The molecule has 4 aromatic rings. The molecule has 0 N–H and O–H groups in total. The van der Waals surface area contributed by atoms with E-state index < -0.39 is 0 Å². The summed E-state index contributed by atoms with van der Waals surface area (Å²) in [4.78, 5) is 0. The predicted molar refractivity (Wildman–Crippen MR) is 121 cm³/mol. The van der Waals surface area contributed by atoms with Crippen molar-refractivity contribution in [2.45, 2.75) is 13.8 Å². The summed E-state index contributed by atoms with van der Waals surface area (Å²) in [6.45, 7) is 4.37. The summed E-state index contributed by atoms with van der Waals surface area (Å²) in [6.07, 6.45) is 9.12. The van der Waals surface area contributed by atoms with Crippen LogP contribution in [0.2, 0.25) is 0 Å². The Balaban J connectivity index is 1.76. The molecular weight excluding hydrogens is 338 g/mol. The molecule has 0 saturated heterocycles. The van der Waals surface area contributed by atoms with Crippen LogP contribution in [-0.4, -0.2) is 4.57 Å². The van der Waals surface area contributed by atoms with Crippen molar-refractivity contribution in [1.82, 2.24) is 4.57 Å². The number of benzene rings is 3. The van der Waals surface area contributed by atoms with Gasteiger partial charge in [-0.05, 0) is 48.2 Å². The smallest absolute Gasteiger partial charge is 0.0541 e. The van der Waals surface area contributed by atoms with E-state index in [9.17, 15) is 0 Å². The highest BCUT2D eigenvalue weighted by Crippen LogP contribution is 2.34. The van der Waals surface area contributed by atoms with Gasteiger partial charge in [0.15, 0.2) is 0 Å². The SMILES string of the molecule is Cc1cccc(-c2cccc(-n3c4c(c5ccccc53)C=CC(C)C=C4)c2)c1. The van der Waals surface area contributed by atoms with Crippen molar-refractivity contribution >= 4 is 23.1 Å². The molecule has 0 aliphatic heterocycles. The summed E-state index contributed by atoms with van der Waals surface area (Å²) in [5, 5.41) is 1.30. The molecule has 1 nitrogen and oxygen atoms in total. The number of para-hydroxylation sites is 1. The summed E-state index contributed by atoms with van der Waals surface area (Å²) < 4.78 is 2.39. The average molecular weight is 361 g/mol. The second-order valence-electron chi connectivity index (χ2n) is 7.65. The van der Waals surface area contributed by atoms with Gasteiger partial charge in [-0.15, -0.1) is 0 Å². The molecule has 0 saturated carbocycles. The van der Waals surface area contributed by atoms with Gasteiger partial charge in [-0.1, -0.05) is 85.3 Å². The Hall–Kier alpha value is -3.32. The standard InChI is InChI=1S/C27H23N/c1-19-13-15-25-24-11-3-4-12-26(24)28(27(25)16-14-19)23-10-6-9-22(18-23)21-8-5-7-20(2)17-21/h3-19H,1-2H3. The lowest BCUT2D eigenvalue weighted by molar-refractivity contribution is 0.953. The molecule has 28 heavy (non-hydrogen) atoms. The van der Waals surface area contributed by atoms with Gasteiger partial charge in [-0.2, -0.15) is 0 Å². The first-order chi connectivity index (χ1) is 13.7. The van der Waals surface area contributed by atoms with E-state index in [-0.39, 0.29) is 0 Å². The van der Waals surface area contributed by atoms with Crippen molar-refractivity contribution in [1.29, 1.82) is 0 Å². The molecule has 1 aliphatic rings. The fourth-order valence-electron chi connectivity index (χ4n) is 4.11. The van der Waals surface area contributed by atoms with E-state index in [1.807, 2.05) is 0 Å². The van der Waals surface area contributed by atoms with Gasteiger partial charge in [0.1, 0.15) is 0 Å². The Labute approximate surface area is 166 Å². The van der Waals surface area contributed by atoms with E-state index in [2.05, 4.69) is 116 Å². The number of aromatic nitrogens is 1. The van der Waals surface area contributed by atoms with Crippen LogP contribution in [0.5, 0.6) is 0 Å². The summed E-state index contributed by atoms with van der Waals surface area (Å²) in [6, 6.07) is 26.3. The maximum Gasteiger partial charge on any atom is 0.0541 e. The zero-order chi connectivity index (χ0) is 19.1. The minimum atomic E-state index is 0.443. The Kier molecular flexibility index (Phi) is 4.02. The molecule has 3 aromatic carbocycles. The minimum Gasteiger partial charge on any atom is -0.309 e. The molecule has 1 heteroatoms. The van der Waals surface area contributed by atoms with Gasteiger partial charge in [0, 0.05) is 16.6 Å². The van der Waals surface area contributed by atoms with Crippen molar-refractivity contribution in [2.24, 2.45) is 5.92 Å². The van der Waals surface area contributed by atoms with Crippen molar-refractivity contribution in [2.75, 3.05) is 0 Å². The van der Waals surface area contributed by atoms with Gasteiger partial charge < -0.3 is 4.57 Å². The third-order valence-corrected chi connectivity index (χ3v) is 5.53. The maximum atomic E-state index is 2.39. The predicted octanol–water partition coefficient (Wildman–Crippen LogP) is 7.28. The van der Waals surface area contributed by atoms with E-state index in [1.54, 1.807) is 0 Å². The number of fused-ring (bicyclic) bond motifs is 3. The topological polar surface area (TPSA) is 4.93 Å². The van der Waals surface area contributed by atoms with Gasteiger partial charge >= 0.3 is 0 Å².